The average molecular weight is 654 g/mol. The molecule has 9 unspecified atom stereocenters. The molecule has 0 aromatic heterocycles. The fraction of sp³-hybridized carbons (Fsp3) is 0.714. The Balaban J connectivity index is 5.83. The quantitative estimate of drug-likeness (QED) is 0.0393. The summed E-state index contributed by atoms with van der Waals surface area (Å²) in [4.78, 5) is 63.7. The second-order valence-electron chi connectivity index (χ2n) is 8.71. The van der Waals surface area contributed by atoms with Crippen LogP contribution in [0.4, 0.5) is 0 Å². The number of aliphatic hydroxyl groups is 15. The predicted octanol–water partition coefficient (Wildman–Crippen LogP) is -10.8. The van der Waals surface area contributed by atoms with E-state index in [0.717, 1.165) is 0 Å². The minimum atomic E-state index is -2.81. The number of hydrogen-bond donors (Lipinski definition) is 15. The normalized spacial score (nSPS) is 20.3. The zero-order valence-electron chi connectivity index (χ0n) is 22.1. The van der Waals surface area contributed by atoms with Crippen molar-refractivity contribution in [3.63, 3.8) is 0 Å². The summed E-state index contributed by atoms with van der Waals surface area (Å²) in [5.41, 5.74) is -1.55. The van der Waals surface area contributed by atoms with Crippen molar-refractivity contribution in [2.24, 2.45) is 0 Å². The average Bonchev–Trinajstić information content (AvgIpc) is 3.03. The maximum atomic E-state index is 12.4. The lowest BCUT2D eigenvalue weighted by molar-refractivity contribution is -0.267. The molecule has 23 nitrogen and oxygen atoms in total. The van der Waals surface area contributed by atoms with Crippen molar-refractivity contribution in [1.82, 2.24) is 0 Å². The highest BCUT2D eigenvalue weighted by atomic mass is 17.2. The zero-order chi connectivity index (χ0) is 34.5. The fourth-order valence-electron chi connectivity index (χ4n) is 2.75. The molecule has 0 saturated heterocycles. The first-order valence-corrected chi connectivity index (χ1v) is 11.9. The van der Waals surface area contributed by atoms with E-state index in [9.17, 15) is 80.5 Å². The third-order valence-corrected chi connectivity index (χ3v) is 5.48. The molecule has 0 aliphatic rings. The van der Waals surface area contributed by atoms with Crippen LogP contribution in [0.1, 0.15) is 0 Å². The molecule has 0 fully saturated rings. The van der Waals surface area contributed by atoms with Gasteiger partial charge in [0.2, 0.25) is 0 Å². The van der Waals surface area contributed by atoms with Crippen LogP contribution in [0.2, 0.25) is 0 Å². The summed E-state index contributed by atoms with van der Waals surface area (Å²) < 4.78 is 0. The molecule has 0 amide bonds. The molecule has 0 spiro atoms. The minimum Gasteiger partial charge on any atom is -0.394 e. The van der Waals surface area contributed by atoms with Gasteiger partial charge in [-0.15, -0.1) is 0 Å². The molecule has 0 bridgehead atoms. The van der Waals surface area contributed by atoms with Gasteiger partial charge in [0, 0.05) is 6.08 Å². The van der Waals surface area contributed by atoms with Crippen molar-refractivity contribution in [2.45, 2.75) is 73.2 Å². The van der Waals surface area contributed by atoms with E-state index in [-0.39, 0.29) is 6.08 Å². The maximum Gasteiger partial charge on any atom is 0.386 e. The Kier molecular flexibility index (Phi) is 18.1. The summed E-state index contributed by atoms with van der Waals surface area (Å²) >= 11 is 0. The Morgan fingerprint density at radius 1 is 0.455 bits per heavy atom. The van der Waals surface area contributed by atoms with E-state index in [0.29, 0.717) is 0 Å². The van der Waals surface area contributed by atoms with Crippen LogP contribution in [0.25, 0.3) is 0 Å². The third kappa shape index (κ3) is 11.8. The highest BCUT2D eigenvalue weighted by Crippen LogP contribution is 2.16. The lowest BCUT2D eigenvalue weighted by atomic mass is 9.97. The van der Waals surface area contributed by atoms with E-state index in [4.69, 9.17) is 15.3 Å². The number of hydrogen-bond acceptors (Lipinski definition) is 23. The Morgan fingerprint density at radius 3 is 1.11 bits per heavy atom. The van der Waals surface area contributed by atoms with Crippen molar-refractivity contribution in [3.8, 4) is 0 Å². The molecule has 256 valence electrons. The van der Waals surface area contributed by atoms with Crippen molar-refractivity contribution < 1.29 is 115 Å². The molecule has 0 aliphatic heterocycles. The van der Waals surface area contributed by atoms with E-state index in [1.807, 2.05) is 0 Å². The molecule has 44 heavy (non-hydrogen) atoms. The van der Waals surface area contributed by atoms with Crippen molar-refractivity contribution in [1.29, 1.82) is 0 Å². The Labute approximate surface area is 244 Å². The van der Waals surface area contributed by atoms with Crippen molar-refractivity contribution in [2.75, 3.05) is 19.8 Å². The van der Waals surface area contributed by atoms with E-state index in [1.165, 1.54) is 0 Å². The Bertz CT molecular complexity index is 956. The summed E-state index contributed by atoms with van der Waals surface area (Å²) in [5.74, 6) is -8.25. The summed E-state index contributed by atoms with van der Waals surface area (Å²) in [5, 5.41) is 142. The molecule has 0 aliphatic carbocycles. The van der Waals surface area contributed by atoms with Crippen LogP contribution in [0.15, 0.2) is 11.6 Å². The first kappa shape index (κ1) is 41.0. The monoisotopic (exact) mass is 654 g/mol. The van der Waals surface area contributed by atoms with Crippen LogP contribution in [-0.4, -0.2) is 194 Å². The molecule has 0 saturated carbocycles. The van der Waals surface area contributed by atoms with Crippen LogP contribution >= 0.6 is 0 Å². The summed E-state index contributed by atoms with van der Waals surface area (Å²) in [6.07, 6.45) is -29.6. The first-order valence-electron chi connectivity index (χ1n) is 11.9. The van der Waals surface area contributed by atoms with Gasteiger partial charge in [-0.25, -0.2) is 38.7 Å². The SMILES string of the molecule is O=C(/C=C(\C(=O)OOC(=O)C(O)C(O)C(O)C(O)CO)C(O)[C@H](O)[C@H](O)[C@H](O)CO)OOC(=O)C(O)C(O)C(O)C(O)CO. The molecule has 23 heteroatoms. The lowest BCUT2D eigenvalue weighted by Gasteiger charge is -2.26. The Morgan fingerprint density at radius 2 is 0.773 bits per heavy atom. The number of carbonyl (C=O) groups excluding carboxylic acids is 4. The highest BCUT2D eigenvalue weighted by Gasteiger charge is 2.40. The van der Waals surface area contributed by atoms with E-state index in [1.54, 1.807) is 0 Å². The molecule has 0 radical (unpaired) electrons. The van der Waals surface area contributed by atoms with Gasteiger partial charge in [-0.05, 0) is 0 Å². The van der Waals surface area contributed by atoms with Gasteiger partial charge in [0.15, 0.2) is 12.2 Å². The maximum absolute atomic E-state index is 12.4. The second kappa shape index (κ2) is 19.4. The van der Waals surface area contributed by atoms with E-state index in [2.05, 4.69) is 19.6 Å². The number of carbonyl (C=O) groups is 4. The molecule has 0 aromatic rings. The highest BCUT2D eigenvalue weighted by molar-refractivity contribution is 5.97. The summed E-state index contributed by atoms with van der Waals surface area (Å²) in [7, 11) is 0. The standard InChI is InChI=1S/C21H34O23/c22-2-6(25)11(30)14(33)10(29)5(19(38)42-44-21(40)18(37)16(35)13(32)8(27)4-24)1-9(28)41-43-20(39)17(36)15(34)12(31)7(26)3-23/h1,6-8,10-18,22-27,29-37H,2-4H2/b5-1-/t6-,7?,8?,10?,11-,12?,13?,14+,15?,16?,17?,18?/m1/s1. The van der Waals surface area contributed by atoms with Gasteiger partial charge in [-0.1, -0.05) is 0 Å². The van der Waals surface area contributed by atoms with Gasteiger partial charge in [-0.2, -0.15) is 0 Å². The fourth-order valence-corrected chi connectivity index (χ4v) is 2.75. The molecule has 0 aromatic carbocycles. The van der Waals surface area contributed by atoms with Crippen LogP contribution < -0.4 is 0 Å². The van der Waals surface area contributed by atoms with Gasteiger partial charge in [0.1, 0.15) is 61.0 Å². The molecular weight excluding hydrogens is 620 g/mol. The molecule has 0 rings (SSSR count). The lowest BCUT2D eigenvalue weighted by Crippen LogP contribution is -2.49. The van der Waals surface area contributed by atoms with Gasteiger partial charge in [-0.3, -0.25) is 0 Å². The summed E-state index contributed by atoms with van der Waals surface area (Å²) in [6.45, 7) is -3.47. The van der Waals surface area contributed by atoms with E-state index < -0.39 is 123 Å². The van der Waals surface area contributed by atoms with Gasteiger partial charge in [0.05, 0.1) is 25.4 Å². The van der Waals surface area contributed by atoms with Gasteiger partial charge in [0.25, 0.3) is 0 Å². The van der Waals surface area contributed by atoms with Crippen LogP contribution in [0.5, 0.6) is 0 Å². The zero-order valence-corrected chi connectivity index (χ0v) is 22.1. The van der Waals surface area contributed by atoms with E-state index >= 15 is 0 Å². The smallest absolute Gasteiger partial charge is 0.386 e. The minimum absolute atomic E-state index is 0.171. The molecule has 0 heterocycles. The van der Waals surface area contributed by atoms with Gasteiger partial charge >= 0.3 is 23.9 Å². The first-order chi connectivity index (χ1) is 20.4. The van der Waals surface area contributed by atoms with Crippen LogP contribution in [0.3, 0.4) is 0 Å². The predicted molar refractivity (Wildman–Crippen MR) is 126 cm³/mol. The Hall–Kier alpha value is -2.98. The van der Waals surface area contributed by atoms with Crippen LogP contribution in [0, 0.1) is 0 Å². The summed E-state index contributed by atoms with van der Waals surface area (Å²) in [6, 6.07) is 0. The van der Waals surface area contributed by atoms with Crippen molar-refractivity contribution >= 4 is 23.9 Å². The van der Waals surface area contributed by atoms with Crippen molar-refractivity contribution in [3.05, 3.63) is 11.6 Å². The van der Waals surface area contributed by atoms with Gasteiger partial charge < -0.3 is 76.6 Å². The molecule has 15 N–H and O–H groups in total. The third-order valence-electron chi connectivity index (χ3n) is 5.48. The number of aliphatic hydroxyl groups excluding tert-OH is 15. The molecule has 12 atom stereocenters. The second-order valence-corrected chi connectivity index (χ2v) is 8.71. The largest absolute Gasteiger partial charge is 0.394 e. The number of rotatable bonds is 17. The van der Waals surface area contributed by atoms with Crippen LogP contribution in [-0.2, 0) is 38.7 Å². The topological polar surface area (TPSA) is 409 Å². The molecular formula is C21H34O23.